The van der Waals surface area contributed by atoms with E-state index in [4.69, 9.17) is 9.47 Å². The molecule has 0 aliphatic carbocycles. The topological polar surface area (TPSA) is 75.2 Å². The molecule has 0 bridgehead atoms. The van der Waals surface area contributed by atoms with Crippen molar-refractivity contribution >= 4 is 12.1 Å². The quantitative estimate of drug-likeness (QED) is 0.631. The second kappa shape index (κ2) is 8.25. The molecule has 0 radical (unpaired) electrons. The fraction of sp³-hybridized carbons (Fsp3) is 0.556. The van der Waals surface area contributed by atoms with Crippen LogP contribution in [0.3, 0.4) is 0 Å². The minimum Gasteiger partial charge on any atom is -0.494 e. The van der Waals surface area contributed by atoms with Crippen LogP contribution < -0.4 is 15.4 Å². The normalized spacial score (nSPS) is 15.3. The molecule has 0 atom stereocenters. The molecular weight excluding hydrogens is 339 g/mol. The third-order valence-corrected chi connectivity index (χ3v) is 3.77. The minimum absolute atomic E-state index is 0.0984. The van der Waals surface area contributed by atoms with E-state index in [-0.39, 0.29) is 17.9 Å². The summed E-state index contributed by atoms with van der Waals surface area (Å²) in [5, 5.41) is 6.36. The molecule has 2 rings (SSSR count). The molecule has 0 aromatic heterocycles. The molecule has 0 saturated carbocycles. The van der Waals surface area contributed by atoms with Crippen molar-refractivity contribution in [3.05, 3.63) is 29.6 Å². The average molecular weight is 366 g/mol. The summed E-state index contributed by atoms with van der Waals surface area (Å²) < 4.78 is 24.0. The van der Waals surface area contributed by atoms with Crippen LogP contribution in [-0.2, 0) is 11.3 Å². The van der Waals surface area contributed by atoms with E-state index in [2.05, 4.69) is 15.6 Å². The Morgan fingerprint density at radius 2 is 2.08 bits per heavy atom. The number of halogens is 1. The van der Waals surface area contributed by atoms with Gasteiger partial charge in [-0.15, -0.1) is 0 Å². The molecule has 7 nitrogen and oxygen atoms in total. The van der Waals surface area contributed by atoms with Crippen LogP contribution in [0.4, 0.5) is 9.18 Å². The first kappa shape index (κ1) is 19.8. The largest absolute Gasteiger partial charge is 0.494 e. The van der Waals surface area contributed by atoms with Gasteiger partial charge < -0.3 is 25.0 Å². The standard InChI is InChI=1S/C18H27FN4O3/c1-18(2,3)26-17(24)23-10-13(11-23)22-16(20-4)21-9-12-6-7-15(25-5)14(19)8-12/h6-8,13H,9-11H2,1-5H3,(H2,20,21,22). The van der Waals surface area contributed by atoms with Gasteiger partial charge in [0.05, 0.1) is 13.2 Å². The zero-order chi connectivity index (χ0) is 19.3. The number of ether oxygens (including phenoxy) is 2. The van der Waals surface area contributed by atoms with E-state index in [0.29, 0.717) is 25.6 Å². The molecule has 2 N–H and O–H groups in total. The summed E-state index contributed by atoms with van der Waals surface area (Å²) in [4.78, 5) is 17.7. The Morgan fingerprint density at radius 1 is 1.38 bits per heavy atom. The number of hydrogen-bond donors (Lipinski definition) is 2. The van der Waals surface area contributed by atoms with Gasteiger partial charge in [0.15, 0.2) is 17.5 Å². The summed E-state index contributed by atoms with van der Waals surface area (Å²) in [5.41, 5.74) is 0.274. The first-order valence-electron chi connectivity index (χ1n) is 8.49. The fourth-order valence-corrected chi connectivity index (χ4v) is 2.44. The Kier molecular flexibility index (Phi) is 6.28. The SMILES string of the molecule is CN=C(NCc1ccc(OC)c(F)c1)NC1CN(C(=O)OC(C)(C)C)C1. The van der Waals surface area contributed by atoms with E-state index >= 15 is 0 Å². The summed E-state index contributed by atoms with van der Waals surface area (Å²) in [6.07, 6.45) is -0.313. The third-order valence-electron chi connectivity index (χ3n) is 3.77. The average Bonchev–Trinajstić information content (AvgIpc) is 2.51. The van der Waals surface area contributed by atoms with Crippen molar-refractivity contribution in [3.63, 3.8) is 0 Å². The number of carbonyl (C=O) groups is 1. The van der Waals surface area contributed by atoms with Crippen molar-refractivity contribution in [2.45, 2.75) is 39.0 Å². The zero-order valence-corrected chi connectivity index (χ0v) is 15.9. The van der Waals surface area contributed by atoms with Crippen LogP contribution >= 0.6 is 0 Å². The van der Waals surface area contributed by atoms with Gasteiger partial charge in [-0.05, 0) is 38.5 Å². The van der Waals surface area contributed by atoms with Crippen LogP contribution in [0, 0.1) is 5.82 Å². The van der Waals surface area contributed by atoms with Crippen molar-refractivity contribution in [3.8, 4) is 5.75 Å². The number of likely N-dealkylation sites (tertiary alicyclic amines) is 1. The number of nitrogens with one attached hydrogen (secondary N) is 2. The highest BCUT2D eigenvalue weighted by molar-refractivity contribution is 5.80. The highest BCUT2D eigenvalue weighted by atomic mass is 19.1. The van der Waals surface area contributed by atoms with Crippen molar-refractivity contribution < 1.29 is 18.7 Å². The fourth-order valence-electron chi connectivity index (χ4n) is 2.44. The first-order chi connectivity index (χ1) is 12.2. The number of amides is 1. The Morgan fingerprint density at radius 3 is 2.62 bits per heavy atom. The summed E-state index contributed by atoms with van der Waals surface area (Å²) in [5.74, 6) is 0.407. The van der Waals surface area contributed by atoms with Gasteiger partial charge in [0.2, 0.25) is 0 Å². The molecule has 26 heavy (non-hydrogen) atoms. The number of aliphatic imine (C=N–C) groups is 1. The Bertz CT molecular complexity index is 667. The third kappa shape index (κ3) is 5.50. The van der Waals surface area contributed by atoms with E-state index in [1.165, 1.54) is 13.2 Å². The molecule has 1 fully saturated rings. The molecular formula is C18H27FN4O3. The van der Waals surface area contributed by atoms with Crippen molar-refractivity contribution in [1.82, 2.24) is 15.5 Å². The highest BCUT2D eigenvalue weighted by Gasteiger charge is 2.34. The molecule has 8 heteroatoms. The molecule has 1 aliphatic heterocycles. The van der Waals surface area contributed by atoms with Crippen LogP contribution in [-0.4, -0.2) is 55.8 Å². The minimum atomic E-state index is -0.499. The van der Waals surface area contributed by atoms with E-state index in [9.17, 15) is 9.18 Å². The van der Waals surface area contributed by atoms with E-state index < -0.39 is 11.4 Å². The molecule has 144 valence electrons. The van der Waals surface area contributed by atoms with Gasteiger partial charge in [-0.25, -0.2) is 9.18 Å². The van der Waals surface area contributed by atoms with Gasteiger partial charge in [0.1, 0.15) is 5.60 Å². The molecule has 1 aliphatic rings. The number of methoxy groups -OCH3 is 1. The number of benzene rings is 1. The monoisotopic (exact) mass is 366 g/mol. The summed E-state index contributed by atoms with van der Waals surface area (Å²) in [6.45, 7) is 7.04. The lowest BCUT2D eigenvalue weighted by Crippen LogP contribution is -2.63. The van der Waals surface area contributed by atoms with Crippen LogP contribution in [0.5, 0.6) is 5.75 Å². The second-order valence-corrected chi connectivity index (χ2v) is 7.12. The molecule has 1 heterocycles. The van der Waals surface area contributed by atoms with Crippen molar-refractivity contribution in [1.29, 1.82) is 0 Å². The maximum Gasteiger partial charge on any atom is 0.410 e. The number of rotatable bonds is 4. The van der Waals surface area contributed by atoms with Gasteiger partial charge in [0.25, 0.3) is 0 Å². The second-order valence-electron chi connectivity index (χ2n) is 7.12. The Balaban J connectivity index is 1.77. The lowest BCUT2D eigenvalue weighted by atomic mass is 10.1. The van der Waals surface area contributed by atoms with Crippen LogP contribution in [0.1, 0.15) is 26.3 Å². The maximum atomic E-state index is 13.7. The molecule has 1 aromatic carbocycles. The van der Waals surface area contributed by atoms with E-state index in [1.807, 2.05) is 20.8 Å². The van der Waals surface area contributed by atoms with Crippen LogP contribution in [0.15, 0.2) is 23.2 Å². The predicted octanol–water partition coefficient (Wildman–Crippen LogP) is 2.12. The van der Waals surface area contributed by atoms with Gasteiger partial charge in [-0.3, -0.25) is 4.99 Å². The molecule has 1 amide bonds. The van der Waals surface area contributed by atoms with E-state index in [1.54, 1.807) is 24.1 Å². The van der Waals surface area contributed by atoms with Crippen molar-refractivity contribution in [2.75, 3.05) is 27.2 Å². The predicted molar refractivity (Wildman–Crippen MR) is 97.9 cm³/mol. The zero-order valence-electron chi connectivity index (χ0n) is 15.9. The highest BCUT2D eigenvalue weighted by Crippen LogP contribution is 2.18. The molecule has 1 aromatic rings. The summed E-state index contributed by atoms with van der Waals surface area (Å²) in [7, 11) is 3.09. The van der Waals surface area contributed by atoms with E-state index in [0.717, 1.165) is 5.56 Å². The Labute approximate surface area is 153 Å². The number of hydrogen-bond acceptors (Lipinski definition) is 4. The van der Waals surface area contributed by atoms with Crippen LogP contribution in [0.25, 0.3) is 0 Å². The van der Waals surface area contributed by atoms with Gasteiger partial charge in [0, 0.05) is 26.7 Å². The molecule has 0 unspecified atom stereocenters. The van der Waals surface area contributed by atoms with Crippen molar-refractivity contribution in [2.24, 2.45) is 4.99 Å². The van der Waals surface area contributed by atoms with Gasteiger partial charge in [-0.2, -0.15) is 0 Å². The smallest absolute Gasteiger partial charge is 0.410 e. The maximum absolute atomic E-state index is 13.7. The lowest BCUT2D eigenvalue weighted by molar-refractivity contribution is 0.00701. The number of guanidine groups is 1. The number of carbonyl (C=O) groups excluding carboxylic acids is 1. The van der Waals surface area contributed by atoms with Crippen LogP contribution in [0.2, 0.25) is 0 Å². The van der Waals surface area contributed by atoms with Gasteiger partial charge in [-0.1, -0.05) is 6.07 Å². The summed E-state index contributed by atoms with van der Waals surface area (Å²) in [6, 6.07) is 4.90. The van der Waals surface area contributed by atoms with Gasteiger partial charge >= 0.3 is 6.09 Å². The molecule has 0 spiro atoms. The molecule has 1 saturated heterocycles. The lowest BCUT2D eigenvalue weighted by Gasteiger charge is -2.40. The Hall–Kier alpha value is -2.51. The number of nitrogens with zero attached hydrogens (tertiary/aromatic N) is 2. The first-order valence-corrected chi connectivity index (χ1v) is 8.49. The summed E-state index contributed by atoms with van der Waals surface area (Å²) >= 11 is 0.